The first kappa shape index (κ1) is 30.7. The van der Waals surface area contributed by atoms with E-state index in [1.54, 1.807) is 11.3 Å². The number of para-hydroxylation sites is 2. The van der Waals surface area contributed by atoms with E-state index in [0.717, 1.165) is 98.1 Å². The molecule has 0 fully saturated rings. The summed E-state index contributed by atoms with van der Waals surface area (Å²) in [5.41, 5.74) is 7.53. The van der Waals surface area contributed by atoms with Crippen LogP contribution in [0.3, 0.4) is 0 Å². The van der Waals surface area contributed by atoms with Crippen molar-refractivity contribution in [3.63, 3.8) is 0 Å². The van der Waals surface area contributed by atoms with Crippen molar-refractivity contribution < 1.29 is 8.83 Å². The van der Waals surface area contributed by atoms with Crippen molar-refractivity contribution in [2.45, 2.75) is 0 Å². The van der Waals surface area contributed by atoms with E-state index in [1.807, 2.05) is 12.1 Å². The van der Waals surface area contributed by atoms with Crippen molar-refractivity contribution in [2.75, 3.05) is 0 Å². The number of aromatic nitrogens is 3. The first-order valence-electron chi connectivity index (χ1n) is 19.5. The lowest BCUT2D eigenvalue weighted by Crippen LogP contribution is -2.01. The van der Waals surface area contributed by atoms with Gasteiger partial charge in [-0.15, -0.1) is 11.3 Å². The van der Waals surface area contributed by atoms with Gasteiger partial charge in [0.15, 0.2) is 11.6 Å². The topological polar surface area (TPSA) is 57.0 Å². The molecule has 0 aliphatic rings. The predicted octanol–water partition coefficient (Wildman–Crippen LogP) is 14.9. The molecule has 5 heterocycles. The molecule has 0 unspecified atom stereocenters. The Kier molecular flexibility index (Phi) is 5.85. The average molecular weight is 758 g/mol. The molecular formula is C52H27N3O2S. The zero-order valence-electron chi connectivity index (χ0n) is 30.7. The highest BCUT2D eigenvalue weighted by Gasteiger charge is 2.23. The van der Waals surface area contributed by atoms with Crippen LogP contribution < -0.4 is 0 Å². The molecule has 0 aliphatic carbocycles. The monoisotopic (exact) mass is 757 g/mol. The Balaban J connectivity index is 1.13. The van der Waals surface area contributed by atoms with Crippen molar-refractivity contribution in [1.29, 1.82) is 0 Å². The highest BCUT2D eigenvalue weighted by atomic mass is 32.1. The highest BCUT2D eigenvalue weighted by Crippen LogP contribution is 2.45. The number of rotatable bonds is 2. The minimum atomic E-state index is 0.665. The minimum Gasteiger partial charge on any atom is -0.456 e. The van der Waals surface area contributed by atoms with Crippen molar-refractivity contribution in [3.8, 4) is 17.2 Å². The molecule has 5 aromatic heterocycles. The van der Waals surface area contributed by atoms with Crippen molar-refractivity contribution in [3.05, 3.63) is 164 Å². The largest absolute Gasteiger partial charge is 0.456 e. The molecule has 9 aromatic carbocycles. The molecule has 0 atom stereocenters. The van der Waals surface area contributed by atoms with Crippen molar-refractivity contribution >= 4 is 130 Å². The Morgan fingerprint density at radius 3 is 2.02 bits per heavy atom. The Morgan fingerprint density at radius 2 is 1.14 bits per heavy atom. The normalized spacial score (nSPS) is 12.5. The lowest BCUT2D eigenvalue weighted by molar-refractivity contribution is 0.669. The van der Waals surface area contributed by atoms with Gasteiger partial charge in [0.1, 0.15) is 22.3 Å². The fourth-order valence-electron chi connectivity index (χ4n) is 9.56. The molecular weight excluding hydrogens is 731 g/mol. The van der Waals surface area contributed by atoms with Gasteiger partial charge in [-0.3, -0.25) is 4.57 Å². The Bertz CT molecular complexity index is 4110. The summed E-state index contributed by atoms with van der Waals surface area (Å²) in [6, 6.07) is 58.2. The van der Waals surface area contributed by atoms with E-state index in [0.29, 0.717) is 5.82 Å². The van der Waals surface area contributed by atoms with Crippen LogP contribution in [0.5, 0.6) is 0 Å². The summed E-state index contributed by atoms with van der Waals surface area (Å²) in [5.74, 6) is 1.52. The Hall–Kier alpha value is -7.54. The number of benzene rings is 9. The molecule has 0 aliphatic heterocycles. The minimum absolute atomic E-state index is 0.665. The maximum absolute atomic E-state index is 6.61. The van der Waals surface area contributed by atoms with Crippen molar-refractivity contribution in [2.24, 2.45) is 0 Å². The first-order valence-corrected chi connectivity index (χ1v) is 20.3. The van der Waals surface area contributed by atoms with Gasteiger partial charge in [-0.1, -0.05) is 103 Å². The Labute approximate surface area is 332 Å². The summed E-state index contributed by atoms with van der Waals surface area (Å²) < 4.78 is 17.6. The van der Waals surface area contributed by atoms with Gasteiger partial charge in [-0.05, 0) is 87.6 Å². The number of hydrogen-bond acceptors (Lipinski definition) is 5. The fourth-order valence-corrected chi connectivity index (χ4v) is 10.7. The van der Waals surface area contributed by atoms with Gasteiger partial charge in [0, 0.05) is 53.4 Å². The second-order valence-electron chi connectivity index (χ2n) is 15.3. The van der Waals surface area contributed by atoms with Crippen LogP contribution in [-0.2, 0) is 0 Å². The summed E-state index contributed by atoms with van der Waals surface area (Å²) in [6.45, 7) is 0. The van der Waals surface area contributed by atoms with Crippen LogP contribution in [0.25, 0.3) is 136 Å². The molecule has 58 heavy (non-hydrogen) atoms. The molecule has 14 aromatic rings. The molecule has 0 spiro atoms. The zero-order valence-corrected chi connectivity index (χ0v) is 31.5. The number of hydrogen-bond donors (Lipinski definition) is 0. The van der Waals surface area contributed by atoms with Gasteiger partial charge in [0.25, 0.3) is 0 Å². The average Bonchev–Trinajstić information content (AvgIpc) is 4.04. The number of nitrogens with zero attached hydrogens (tertiary/aromatic N) is 3. The third kappa shape index (κ3) is 4.04. The maximum Gasteiger partial charge on any atom is 0.162 e. The predicted molar refractivity (Wildman–Crippen MR) is 242 cm³/mol. The molecule has 0 saturated carbocycles. The molecule has 6 heteroatoms. The second kappa shape index (κ2) is 11.1. The molecule has 0 N–H and O–H groups in total. The first-order chi connectivity index (χ1) is 28.7. The smallest absolute Gasteiger partial charge is 0.162 e. The summed E-state index contributed by atoms with van der Waals surface area (Å²) >= 11 is 1.76. The summed E-state index contributed by atoms with van der Waals surface area (Å²) in [4.78, 5) is 11.1. The van der Waals surface area contributed by atoms with Crippen LogP contribution in [0.2, 0.25) is 0 Å². The fraction of sp³-hybridized carbons (Fsp3) is 0. The van der Waals surface area contributed by atoms with Crippen LogP contribution >= 0.6 is 11.3 Å². The molecule has 268 valence electrons. The number of fused-ring (bicyclic) bond motifs is 18. The molecule has 0 radical (unpaired) electrons. The van der Waals surface area contributed by atoms with E-state index < -0.39 is 0 Å². The standard InChI is InChI=1S/C52H27N3O2S/c1-3-11-32-28(9-1)18-23-44-46(32)39-26-31(19-22-43(39)56-44)51-53-48-47-33-12-4-2-10-29(33)20-24-45(47)58-50(48)52(54-51)55-40-15-7-5-13-34(40)38-25-30-17-21-36-35-14-6-8-16-42(35)57-49(36)37(30)27-41(38)55/h1-27H. The lowest BCUT2D eigenvalue weighted by Gasteiger charge is -2.11. The van der Waals surface area contributed by atoms with Gasteiger partial charge < -0.3 is 8.83 Å². The van der Waals surface area contributed by atoms with Gasteiger partial charge in [-0.25, -0.2) is 9.97 Å². The lowest BCUT2D eigenvalue weighted by atomic mass is 10.0. The molecule has 14 rings (SSSR count). The Morgan fingerprint density at radius 1 is 0.431 bits per heavy atom. The van der Waals surface area contributed by atoms with Gasteiger partial charge in [0.2, 0.25) is 0 Å². The molecule has 0 saturated heterocycles. The maximum atomic E-state index is 6.61. The number of furan rings is 2. The van der Waals surface area contributed by atoms with Gasteiger partial charge in [0.05, 0.1) is 21.3 Å². The molecule has 0 amide bonds. The third-order valence-electron chi connectivity index (χ3n) is 12.2. The third-order valence-corrected chi connectivity index (χ3v) is 13.3. The van der Waals surface area contributed by atoms with E-state index in [2.05, 4.69) is 156 Å². The van der Waals surface area contributed by atoms with Crippen LogP contribution in [-0.4, -0.2) is 14.5 Å². The highest BCUT2D eigenvalue weighted by molar-refractivity contribution is 7.26. The second-order valence-corrected chi connectivity index (χ2v) is 16.3. The van der Waals surface area contributed by atoms with E-state index in [1.165, 1.54) is 31.6 Å². The summed E-state index contributed by atoms with van der Waals surface area (Å²) in [5, 5.41) is 14.8. The van der Waals surface area contributed by atoms with Crippen LogP contribution in [0.4, 0.5) is 0 Å². The van der Waals surface area contributed by atoms with E-state index in [4.69, 9.17) is 18.8 Å². The van der Waals surface area contributed by atoms with Crippen molar-refractivity contribution in [1.82, 2.24) is 14.5 Å². The van der Waals surface area contributed by atoms with Crippen LogP contribution in [0.15, 0.2) is 173 Å². The van der Waals surface area contributed by atoms with Crippen LogP contribution in [0, 0.1) is 0 Å². The zero-order chi connectivity index (χ0) is 37.6. The molecule has 5 nitrogen and oxygen atoms in total. The van der Waals surface area contributed by atoms with Gasteiger partial charge >= 0.3 is 0 Å². The summed E-state index contributed by atoms with van der Waals surface area (Å²) in [7, 11) is 0. The quantitative estimate of drug-likeness (QED) is 0.176. The van der Waals surface area contributed by atoms with Crippen LogP contribution in [0.1, 0.15) is 0 Å². The van der Waals surface area contributed by atoms with E-state index >= 15 is 0 Å². The van der Waals surface area contributed by atoms with Gasteiger partial charge in [-0.2, -0.15) is 0 Å². The number of thiophene rings is 1. The SMILES string of the molecule is c1ccc2c(c1)ccc1oc3ccc(-c4nc(-n5c6ccccc6c6cc7ccc8c9ccccc9oc8c7cc65)c5sc6ccc7ccccc7c6c5n4)cc3c12. The molecule has 0 bridgehead atoms. The van der Waals surface area contributed by atoms with E-state index in [9.17, 15) is 0 Å². The summed E-state index contributed by atoms with van der Waals surface area (Å²) in [6.07, 6.45) is 0. The van der Waals surface area contributed by atoms with E-state index in [-0.39, 0.29) is 0 Å².